The summed E-state index contributed by atoms with van der Waals surface area (Å²) in [6.07, 6.45) is 2.20. The molecule has 0 radical (unpaired) electrons. The van der Waals surface area contributed by atoms with E-state index in [2.05, 4.69) is 11.4 Å². The van der Waals surface area contributed by atoms with Crippen LogP contribution in [0.1, 0.15) is 26.7 Å². The van der Waals surface area contributed by atoms with Crippen LogP contribution in [-0.2, 0) is 0 Å². The molecule has 0 bridgehead atoms. The molecule has 9 heavy (non-hydrogen) atoms. The molecule has 1 atom stereocenters. The van der Waals surface area contributed by atoms with E-state index in [9.17, 15) is 0 Å². The summed E-state index contributed by atoms with van der Waals surface area (Å²) in [5.74, 6) is 0. The summed E-state index contributed by atoms with van der Waals surface area (Å²) in [5.41, 5.74) is 0. The van der Waals surface area contributed by atoms with Crippen LogP contribution in [0.3, 0.4) is 0 Å². The highest BCUT2D eigenvalue weighted by atomic mass is 14.9. The summed E-state index contributed by atoms with van der Waals surface area (Å²) in [5, 5.41) is 11.3. The minimum atomic E-state index is 0.153. The third-order valence-electron chi connectivity index (χ3n) is 1.22. The fourth-order valence-electron chi connectivity index (χ4n) is 0.795. The summed E-state index contributed by atoms with van der Waals surface area (Å²) in [7, 11) is 0. The molecule has 0 aromatic heterocycles. The Bertz CT molecular complexity index is 87.6. The number of hydrogen-bond acceptors (Lipinski definition) is 2. The average molecular weight is 126 g/mol. The van der Waals surface area contributed by atoms with Crippen molar-refractivity contribution in [3.05, 3.63) is 0 Å². The molecule has 1 aliphatic rings. The number of nitrogens with one attached hydrogen (secondary N) is 1. The third kappa shape index (κ3) is 3.10. The van der Waals surface area contributed by atoms with Crippen LogP contribution >= 0.6 is 0 Å². The van der Waals surface area contributed by atoms with E-state index in [4.69, 9.17) is 5.26 Å². The smallest absolute Gasteiger partial charge is 0.0953 e. The summed E-state index contributed by atoms with van der Waals surface area (Å²) in [6, 6.07) is 2.31. The molecule has 52 valence electrons. The molecule has 1 aliphatic heterocycles. The quantitative estimate of drug-likeness (QED) is 0.531. The van der Waals surface area contributed by atoms with Gasteiger partial charge < -0.3 is 5.32 Å². The number of rotatable bonds is 0. The second-order valence-corrected chi connectivity index (χ2v) is 1.78. The summed E-state index contributed by atoms with van der Waals surface area (Å²) in [6.45, 7) is 5.03. The van der Waals surface area contributed by atoms with Gasteiger partial charge in [-0.15, -0.1) is 0 Å². The summed E-state index contributed by atoms with van der Waals surface area (Å²) in [4.78, 5) is 0. The second kappa shape index (κ2) is 5.58. The van der Waals surface area contributed by atoms with Crippen molar-refractivity contribution in [1.29, 1.82) is 5.26 Å². The zero-order valence-corrected chi connectivity index (χ0v) is 6.15. The highest BCUT2D eigenvalue weighted by molar-refractivity contribution is 4.92. The fourth-order valence-corrected chi connectivity index (χ4v) is 0.795. The highest BCUT2D eigenvalue weighted by Crippen LogP contribution is 2.01. The van der Waals surface area contributed by atoms with E-state index in [0.29, 0.717) is 0 Å². The van der Waals surface area contributed by atoms with Crippen molar-refractivity contribution >= 4 is 0 Å². The Hall–Kier alpha value is -0.550. The van der Waals surface area contributed by atoms with Crippen molar-refractivity contribution in [3.8, 4) is 6.07 Å². The van der Waals surface area contributed by atoms with Gasteiger partial charge in [0.15, 0.2) is 0 Å². The molecule has 0 aromatic carbocycles. The number of hydrogen-bond donors (Lipinski definition) is 1. The molecule has 2 heteroatoms. The van der Waals surface area contributed by atoms with Crippen molar-refractivity contribution in [2.45, 2.75) is 32.7 Å². The molecular formula is C7H14N2. The first-order valence-corrected chi connectivity index (χ1v) is 3.56. The van der Waals surface area contributed by atoms with E-state index in [1.165, 1.54) is 0 Å². The molecule has 0 spiro atoms. The van der Waals surface area contributed by atoms with Gasteiger partial charge in [0.1, 0.15) is 0 Å². The van der Waals surface area contributed by atoms with Gasteiger partial charge in [-0.25, -0.2) is 0 Å². The van der Waals surface area contributed by atoms with Gasteiger partial charge in [-0.05, 0) is 19.4 Å². The van der Waals surface area contributed by atoms with Gasteiger partial charge in [-0.3, -0.25) is 0 Å². The van der Waals surface area contributed by atoms with Crippen molar-refractivity contribution in [1.82, 2.24) is 5.32 Å². The van der Waals surface area contributed by atoms with Gasteiger partial charge in [-0.1, -0.05) is 13.8 Å². The first-order chi connectivity index (χ1) is 4.43. The van der Waals surface area contributed by atoms with Gasteiger partial charge >= 0.3 is 0 Å². The highest BCUT2D eigenvalue weighted by Gasteiger charge is 2.10. The van der Waals surface area contributed by atoms with Crippen LogP contribution in [0.2, 0.25) is 0 Å². The van der Waals surface area contributed by atoms with Crippen molar-refractivity contribution in [3.63, 3.8) is 0 Å². The third-order valence-corrected chi connectivity index (χ3v) is 1.22. The normalized spacial score (nSPS) is 23.9. The van der Waals surface area contributed by atoms with E-state index >= 15 is 0 Å². The zero-order valence-electron chi connectivity index (χ0n) is 6.15. The van der Waals surface area contributed by atoms with Crippen LogP contribution in [0.5, 0.6) is 0 Å². The van der Waals surface area contributed by atoms with Crippen LogP contribution in [0.25, 0.3) is 0 Å². The van der Waals surface area contributed by atoms with E-state index in [0.717, 1.165) is 19.4 Å². The first-order valence-electron chi connectivity index (χ1n) is 3.56. The molecule has 0 amide bonds. The summed E-state index contributed by atoms with van der Waals surface area (Å²) < 4.78 is 0. The predicted octanol–water partition coefficient (Wildman–Crippen LogP) is 1.29. The molecule has 1 N–H and O–H groups in total. The molecular weight excluding hydrogens is 112 g/mol. The minimum absolute atomic E-state index is 0.153. The maximum atomic E-state index is 8.25. The van der Waals surface area contributed by atoms with Crippen LogP contribution in [0, 0.1) is 11.3 Å². The minimum Gasteiger partial charge on any atom is -0.302 e. The van der Waals surface area contributed by atoms with Crippen molar-refractivity contribution < 1.29 is 0 Å². The Morgan fingerprint density at radius 1 is 1.56 bits per heavy atom. The summed E-state index contributed by atoms with van der Waals surface area (Å²) >= 11 is 0. The largest absolute Gasteiger partial charge is 0.302 e. The van der Waals surface area contributed by atoms with E-state index in [-0.39, 0.29) is 6.04 Å². The van der Waals surface area contributed by atoms with Gasteiger partial charge in [0, 0.05) is 0 Å². The first kappa shape index (κ1) is 8.45. The molecule has 1 saturated heterocycles. The standard InChI is InChI=1S/C5H8N2.C2H6/c6-4-5-2-1-3-7-5;1-2/h5,7H,1-3H2;1-2H3. The van der Waals surface area contributed by atoms with Crippen molar-refractivity contribution in [2.75, 3.05) is 6.54 Å². The van der Waals surface area contributed by atoms with Gasteiger partial charge in [0.2, 0.25) is 0 Å². The maximum absolute atomic E-state index is 8.25. The zero-order chi connectivity index (χ0) is 7.11. The monoisotopic (exact) mass is 126 g/mol. The lowest BCUT2D eigenvalue weighted by molar-refractivity contribution is 0.740. The number of nitriles is 1. The second-order valence-electron chi connectivity index (χ2n) is 1.78. The fraction of sp³-hybridized carbons (Fsp3) is 0.857. The topological polar surface area (TPSA) is 35.8 Å². The van der Waals surface area contributed by atoms with Crippen LogP contribution in [-0.4, -0.2) is 12.6 Å². The SMILES string of the molecule is CC.N#CC1CCCN1. The Labute approximate surface area is 56.9 Å². The molecule has 1 unspecified atom stereocenters. The number of nitrogens with zero attached hydrogens (tertiary/aromatic N) is 1. The molecule has 0 saturated carbocycles. The maximum Gasteiger partial charge on any atom is 0.0953 e. The van der Waals surface area contributed by atoms with E-state index in [1.54, 1.807) is 0 Å². The Kier molecular flexibility index (Phi) is 5.24. The average Bonchev–Trinajstić information content (AvgIpc) is 2.43. The molecule has 0 aromatic rings. The van der Waals surface area contributed by atoms with Gasteiger partial charge in [0.05, 0.1) is 12.1 Å². The Morgan fingerprint density at radius 3 is 2.44 bits per heavy atom. The lowest BCUT2D eigenvalue weighted by Crippen LogP contribution is -2.18. The predicted molar refractivity (Wildman–Crippen MR) is 38.0 cm³/mol. The van der Waals surface area contributed by atoms with Crippen molar-refractivity contribution in [2.24, 2.45) is 0 Å². The lowest BCUT2D eigenvalue weighted by atomic mass is 10.2. The lowest BCUT2D eigenvalue weighted by Gasteiger charge is -1.91. The van der Waals surface area contributed by atoms with E-state index < -0.39 is 0 Å². The van der Waals surface area contributed by atoms with E-state index in [1.807, 2.05) is 13.8 Å². The molecule has 1 fully saturated rings. The van der Waals surface area contributed by atoms with Gasteiger partial charge in [-0.2, -0.15) is 5.26 Å². The molecule has 2 nitrogen and oxygen atoms in total. The Balaban J connectivity index is 0.000000291. The van der Waals surface area contributed by atoms with Crippen LogP contribution in [0.4, 0.5) is 0 Å². The van der Waals surface area contributed by atoms with Crippen LogP contribution < -0.4 is 5.32 Å². The molecule has 1 rings (SSSR count). The molecule has 0 aliphatic carbocycles. The molecule has 1 heterocycles. The van der Waals surface area contributed by atoms with Gasteiger partial charge in [0.25, 0.3) is 0 Å². The Morgan fingerprint density at radius 2 is 2.22 bits per heavy atom. The van der Waals surface area contributed by atoms with Crippen LogP contribution in [0.15, 0.2) is 0 Å².